The highest BCUT2D eigenvalue weighted by atomic mass is 15.0. The van der Waals surface area contributed by atoms with Crippen molar-refractivity contribution >= 4 is 0 Å². The van der Waals surface area contributed by atoms with Gasteiger partial charge in [-0.1, -0.05) is 19.8 Å². The molecule has 0 aromatic rings. The molecule has 1 rings (SSSR count). The summed E-state index contributed by atoms with van der Waals surface area (Å²) >= 11 is 0. The van der Waals surface area contributed by atoms with Crippen molar-refractivity contribution in [2.45, 2.75) is 38.6 Å². The summed E-state index contributed by atoms with van der Waals surface area (Å²) in [5.41, 5.74) is 6.85. The third-order valence-electron chi connectivity index (χ3n) is 2.23. The van der Waals surface area contributed by atoms with Gasteiger partial charge in [0.2, 0.25) is 0 Å². The highest BCUT2D eigenvalue weighted by molar-refractivity contribution is 4.75. The van der Waals surface area contributed by atoms with Crippen LogP contribution in [0.15, 0.2) is 5.11 Å². The van der Waals surface area contributed by atoms with Crippen LogP contribution in [-0.4, -0.2) is 6.04 Å². The molecule has 1 aliphatic carbocycles. The van der Waals surface area contributed by atoms with Crippen LogP contribution < -0.4 is 0 Å². The van der Waals surface area contributed by atoms with Gasteiger partial charge in [0.25, 0.3) is 0 Å². The van der Waals surface area contributed by atoms with Crippen LogP contribution in [0, 0.1) is 11.4 Å². The van der Waals surface area contributed by atoms with Crippen molar-refractivity contribution in [1.29, 1.82) is 5.53 Å². The molecule has 0 heterocycles. The fourth-order valence-corrected chi connectivity index (χ4v) is 1.49. The maximum atomic E-state index is 6.85. The van der Waals surface area contributed by atoms with Gasteiger partial charge in [-0.2, -0.15) is 5.11 Å². The normalized spacial score (nSPS) is 36.1. The Morgan fingerprint density at radius 1 is 1.33 bits per heavy atom. The molecule has 0 saturated heterocycles. The molecule has 0 bridgehead atoms. The minimum Gasteiger partial charge on any atom is -0.210 e. The fourth-order valence-electron chi connectivity index (χ4n) is 1.49. The van der Waals surface area contributed by atoms with E-state index >= 15 is 0 Å². The highest BCUT2D eigenvalue weighted by Gasteiger charge is 2.19. The summed E-state index contributed by atoms with van der Waals surface area (Å²) in [5, 5.41) is 3.58. The number of rotatable bonds is 1. The van der Waals surface area contributed by atoms with Gasteiger partial charge in [0.15, 0.2) is 0 Å². The molecule has 1 N–H and O–H groups in total. The van der Waals surface area contributed by atoms with Crippen LogP contribution in [0.3, 0.4) is 0 Å². The molecule has 2 atom stereocenters. The first kappa shape index (κ1) is 6.72. The number of nitrogens with zero attached hydrogens (tertiary/aromatic N) is 1. The van der Waals surface area contributed by atoms with Gasteiger partial charge in [0.1, 0.15) is 0 Å². The van der Waals surface area contributed by atoms with Crippen molar-refractivity contribution in [2.24, 2.45) is 11.0 Å². The van der Waals surface area contributed by atoms with Gasteiger partial charge < -0.3 is 0 Å². The van der Waals surface area contributed by atoms with Gasteiger partial charge in [-0.25, -0.2) is 5.53 Å². The second-order valence-electron chi connectivity index (χ2n) is 2.96. The quantitative estimate of drug-likeness (QED) is 0.524. The Morgan fingerprint density at radius 3 is 2.44 bits per heavy atom. The molecule has 52 valence electrons. The van der Waals surface area contributed by atoms with Crippen LogP contribution in [-0.2, 0) is 0 Å². The highest BCUT2D eigenvalue weighted by Crippen LogP contribution is 2.25. The fraction of sp³-hybridized carbons (Fsp3) is 1.00. The summed E-state index contributed by atoms with van der Waals surface area (Å²) in [6.45, 7) is 2.20. The minimum absolute atomic E-state index is 0.346. The lowest BCUT2D eigenvalue weighted by molar-refractivity contribution is 0.320. The van der Waals surface area contributed by atoms with Crippen LogP contribution in [0.5, 0.6) is 0 Å². The molecular weight excluding hydrogens is 112 g/mol. The van der Waals surface area contributed by atoms with Gasteiger partial charge in [-0.3, -0.25) is 0 Å². The molecule has 9 heavy (non-hydrogen) atoms. The van der Waals surface area contributed by atoms with E-state index in [2.05, 4.69) is 12.0 Å². The molecule has 0 aromatic carbocycles. The van der Waals surface area contributed by atoms with E-state index in [9.17, 15) is 0 Å². The lowest BCUT2D eigenvalue weighted by Gasteiger charge is -2.23. The molecule has 1 saturated carbocycles. The van der Waals surface area contributed by atoms with Crippen LogP contribution >= 0.6 is 0 Å². The summed E-state index contributed by atoms with van der Waals surface area (Å²) in [4.78, 5) is 0. The zero-order valence-electron chi connectivity index (χ0n) is 5.93. The van der Waals surface area contributed by atoms with E-state index in [1.165, 1.54) is 19.3 Å². The van der Waals surface area contributed by atoms with Gasteiger partial charge in [0.05, 0.1) is 6.04 Å². The lowest BCUT2D eigenvalue weighted by atomic mass is 9.87. The van der Waals surface area contributed by atoms with E-state index in [1.807, 2.05) is 0 Å². The van der Waals surface area contributed by atoms with Crippen LogP contribution in [0.1, 0.15) is 32.6 Å². The van der Waals surface area contributed by atoms with Gasteiger partial charge in [-0.05, 0) is 18.8 Å². The molecule has 0 amide bonds. The Labute approximate surface area is 56.2 Å². The molecule has 0 aliphatic heterocycles. The smallest absolute Gasteiger partial charge is 0.0731 e. The Balaban J connectivity index is 2.38. The van der Waals surface area contributed by atoms with E-state index in [0.717, 1.165) is 6.42 Å². The monoisotopic (exact) mass is 126 g/mol. The van der Waals surface area contributed by atoms with Crippen molar-refractivity contribution in [2.75, 3.05) is 0 Å². The maximum Gasteiger partial charge on any atom is 0.0731 e. The Bertz CT molecular complexity index is 101. The number of hydrogen-bond donors (Lipinski definition) is 1. The molecule has 2 unspecified atom stereocenters. The largest absolute Gasteiger partial charge is 0.210 e. The molecule has 1 aliphatic rings. The lowest BCUT2D eigenvalue weighted by Crippen LogP contribution is -2.19. The second kappa shape index (κ2) is 2.95. The average Bonchev–Trinajstić information content (AvgIpc) is 1.89. The second-order valence-corrected chi connectivity index (χ2v) is 2.96. The zero-order chi connectivity index (χ0) is 6.69. The molecule has 2 nitrogen and oxygen atoms in total. The molecule has 0 spiro atoms. The van der Waals surface area contributed by atoms with Crippen molar-refractivity contribution in [3.63, 3.8) is 0 Å². The summed E-state index contributed by atoms with van der Waals surface area (Å²) in [7, 11) is 0. The first-order chi connectivity index (χ1) is 4.34. The van der Waals surface area contributed by atoms with E-state index in [-0.39, 0.29) is 0 Å². The van der Waals surface area contributed by atoms with Crippen LogP contribution in [0.25, 0.3) is 0 Å². The molecule has 1 fully saturated rings. The Kier molecular flexibility index (Phi) is 2.20. The Morgan fingerprint density at radius 2 is 2.00 bits per heavy atom. The zero-order valence-corrected chi connectivity index (χ0v) is 5.93. The first-order valence-corrected chi connectivity index (χ1v) is 3.71. The SMILES string of the molecule is CC1CCCCC1N=N. The third kappa shape index (κ3) is 1.50. The van der Waals surface area contributed by atoms with Crippen molar-refractivity contribution in [3.05, 3.63) is 0 Å². The summed E-state index contributed by atoms with van der Waals surface area (Å²) in [5.74, 6) is 0.663. The standard InChI is InChI=1S/C7H14N2/c1-6-4-2-3-5-7(6)9-8/h6-8H,2-5H2,1H3. The minimum atomic E-state index is 0.346. The van der Waals surface area contributed by atoms with E-state index in [0.29, 0.717) is 12.0 Å². The number of nitrogens with one attached hydrogen (secondary N) is 1. The predicted octanol–water partition coefficient (Wildman–Crippen LogP) is 2.60. The predicted molar refractivity (Wildman–Crippen MR) is 36.6 cm³/mol. The summed E-state index contributed by atoms with van der Waals surface area (Å²) in [6.07, 6.45) is 5.03. The first-order valence-electron chi connectivity index (χ1n) is 3.71. The van der Waals surface area contributed by atoms with Crippen molar-refractivity contribution in [3.8, 4) is 0 Å². The molecule has 2 heteroatoms. The van der Waals surface area contributed by atoms with E-state index in [1.54, 1.807) is 0 Å². The average molecular weight is 126 g/mol. The molecule has 0 aromatic heterocycles. The van der Waals surface area contributed by atoms with Crippen LogP contribution in [0.4, 0.5) is 0 Å². The van der Waals surface area contributed by atoms with Crippen molar-refractivity contribution in [1.82, 2.24) is 0 Å². The van der Waals surface area contributed by atoms with E-state index < -0.39 is 0 Å². The van der Waals surface area contributed by atoms with Crippen LogP contribution in [0.2, 0.25) is 0 Å². The van der Waals surface area contributed by atoms with E-state index in [4.69, 9.17) is 5.53 Å². The van der Waals surface area contributed by atoms with Gasteiger partial charge in [-0.15, -0.1) is 0 Å². The molecule has 0 radical (unpaired) electrons. The summed E-state index contributed by atoms with van der Waals surface area (Å²) < 4.78 is 0. The van der Waals surface area contributed by atoms with Crippen molar-refractivity contribution < 1.29 is 0 Å². The molecular formula is C7H14N2. The third-order valence-corrected chi connectivity index (χ3v) is 2.23. The Hall–Kier alpha value is -0.400. The number of hydrogen-bond acceptors (Lipinski definition) is 2. The topological polar surface area (TPSA) is 36.2 Å². The maximum absolute atomic E-state index is 6.85. The van der Waals surface area contributed by atoms with Gasteiger partial charge >= 0.3 is 0 Å². The summed E-state index contributed by atoms with van der Waals surface area (Å²) in [6, 6.07) is 0.346. The van der Waals surface area contributed by atoms with Gasteiger partial charge in [0, 0.05) is 0 Å².